The summed E-state index contributed by atoms with van der Waals surface area (Å²) in [5.74, 6) is 1.89. The fourth-order valence-corrected chi connectivity index (χ4v) is 3.21. The van der Waals surface area contributed by atoms with Gasteiger partial charge in [-0.15, -0.1) is 0 Å². The number of hydrogen-bond donors (Lipinski definition) is 3. The molecule has 0 atom stereocenters. The van der Waals surface area contributed by atoms with Crippen molar-refractivity contribution in [2.24, 2.45) is 0 Å². The number of nitrogens with two attached hydrogens (primary N) is 1. The summed E-state index contributed by atoms with van der Waals surface area (Å²) in [5, 5.41) is 6.73. The van der Waals surface area contributed by atoms with Crippen LogP contribution >= 0.6 is 0 Å². The number of ether oxygens (including phenoxy) is 1. The second-order valence-electron chi connectivity index (χ2n) is 6.74. The minimum Gasteiger partial charge on any atom is -0.497 e. The van der Waals surface area contributed by atoms with E-state index in [0.29, 0.717) is 17.3 Å². The molecule has 0 saturated heterocycles. The van der Waals surface area contributed by atoms with Crippen LogP contribution in [-0.2, 0) is 0 Å². The second kappa shape index (κ2) is 8.96. The number of rotatable bonds is 7. The van der Waals surface area contributed by atoms with Crippen molar-refractivity contribution in [3.8, 4) is 5.75 Å². The highest BCUT2D eigenvalue weighted by Gasteiger charge is 2.17. The van der Waals surface area contributed by atoms with Gasteiger partial charge in [0.1, 0.15) is 17.8 Å². The minimum atomic E-state index is -0.0987. The zero-order valence-electron chi connectivity index (χ0n) is 16.6. The van der Waals surface area contributed by atoms with Gasteiger partial charge in [0.2, 0.25) is 0 Å². The molecule has 6 nitrogen and oxygen atoms in total. The zero-order valence-corrected chi connectivity index (χ0v) is 16.6. The van der Waals surface area contributed by atoms with Crippen molar-refractivity contribution < 1.29 is 4.74 Å². The Morgan fingerprint density at radius 2 is 1.33 bits per heavy atom. The van der Waals surface area contributed by atoms with Gasteiger partial charge >= 0.3 is 0 Å². The lowest BCUT2D eigenvalue weighted by Gasteiger charge is -2.22. The summed E-state index contributed by atoms with van der Waals surface area (Å²) in [7, 11) is 1.64. The van der Waals surface area contributed by atoms with E-state index in [2.05, 4.69) is 44.9 Å². The third kappa shape index (κ3) is 4.33. The van der Waals surface area contributed by atoms with Crippen LogP contribution in [0, 0.1) is 0 Å². The van der Waals surface area contributed by atoms with Crippen molar-refractivity contribution in [3.05, 3.63) is 102 Å². The lowest BCUT2D eigenvalue weighted by atomic mass is 9.99. The van der Waals surface area contributed by atoms with Crippen LogP contribution in [-0.4, -0.2) is 17.1 Å². The lowest BCUT2D eigenvalue weighted by molar-refractivity contribution is 0.415. The number of aromatic nitrogens is 2. The Morgan fingerprint density at radius 1 is 0.767 bits per heavy atom. The fraction of sp³-hybridized carbons (Fsp3) is 0.0833. The molecular formula is C24H23N5O. The van der Waals surface area contributed by atoms with Crippen molar-refractivity contribution in [2.45, 2.75) is 6.04 Å². The van der Waals surface area contributed by atoms with E-state index >= 15 is 0 Å². The summed E-state index contributed by atoms with van der Waals surface area (Å²) in [6.45, 7) is 0. The number of benzene rings is 3. The SMILES string of the molecule is COc1ccc(Nc2ncnc(NC(c3ccccc3)c3ccccc3)c2N)cc1. The monoisotopic (exact) mass is 397 g/mol. The maximum atomic E-state index is 6.42. The van der Waals surface area contributed by atoms with Gasteiger partial charge in [-0.1, -0.05) is 60.7 Å². The highest BCUT2D eigenvalue weighted by atomic mass is 16.5. The summed E-state index contributed by atoms with van der Waals surface area (Å²) < 4.78 is 5.20. The van der Waals surface area contributed by atoms with E-state index in [-0.39, 0.29) is 6.04 Å². The van der Waals surface area contributed by atoms with Gasteiger partial charge in [-0.05, 0) is 35.4 Å². The van der Waals surface area contributed by atoms with Crippen LogP contribution in [0.1, 0.15) is 17.2 Å². The Labute approximate surface area is 175 Å². The lowest BCUT2D eigenvalue weighted by Crippen LogP contribution is -2.15. The maximum absolute atomic E-state index is 6.42. The Kier molecular flexibility index (Phi) is 5.75. The van der Waals surface area contributed by atoms with Crippen LogP contribution in [0.3, 0.4) is 0 Å². The summed E-state index contributed by atoms with van der Waals surface area (Å²) >= 11 is 0. The summed E-state index contributed by atoms with van der Waals surface area (Å²) in [6.07, 6.45) is 1.50. The standard InChI is InChI=1S/C24H23N5O/c1-30-20-14-12-19(13-15-20)28-23-21(25)24(27-16-26-23)29-22(17-8-4-2-5-9-17)18-10-6-3-7-11-18/h2-16,22H,25H2,1H3,(H2,26,27,28,29). The largest absolute Gasteiger partial charge is 0.497 e. The Morgan fingerprint density at radius 3 is 1.90 bits per heavy atom. The molecule has 0 amide bonds. The highest BCUT2D eigenvalue weighted by Crippen LogP contribution is 2.31. The molecule has 1 heterocycles. The average molecular weight is 397 g/mol. The molecule has 0 radical (unpaired) electrons. The molecule has 0 aliphatic rings. The molecule has 0 spiro atoms. The first-order valence-corrected chi connectivity index (χ1v) is 9.62. The number of nitrogen functional groups attached to an aromatic ring is 1. The predicted octanol–water partition coefficient (Wildman–Crippen LogP) is 5.01. The van der Waals surface area contributed by atoms with Crippen LogP contribution < -0.4 is 21.1 Å². The molecule has 3 aromatic carbocycles. The van der Waals surface area contributed by atoms with Crippen molar-refractivity contribution in [3.63, 3.8) is 0 Å². The third-order valence-corrected chi connectivity index (χ3v) is 4.78. The van der Waals surface area contributed by atoms with Gasteiger partial charge < -0.3 is 21.1 Å². The number of hydrogen-bond acceptors (Lipinski definition) is 6. The van der Waals surface area contributed by atoms with Gasteiger partial charge in [-0.25, -0.2) is 9.97 Å². The van der Waals surface area contributed by atoms with Crippen molar-refractivity contribution in [1.29, 1.82) is 0 Å². The molecule has 4 rings (SSSR count). The number of nitrogens with zero attached hydrogens (tertiary/aromatic N) is 2. The second-order valence-corrected chi connectivity index (χ2v) is 6.74. The molecule has 150 valence electrons. The van der Waals surface area contributed by atoms with Crippen molar-refractivity contribution in [2.75, 3.05) is 23.5 Å². The van der Waals surface area contributed by atoms with Gasteiger partial charge in [-0.3, -0.25) is 0 Å². The first kappa shape index (κ1) is 19.3. The maximum Gasteiger partial charge on any atom is 0.159 e. The molecular weight excluding hydrogens is 374 g/mol. The first-order valence-electron chi connectivity index (χ1n) is 9.62. The van der Waals surface area contributed by atoms with Gasteiger partial charge in [0.05, 0.1) is 13.2 Å². The van der Waals surface area contributed by atoms with E-state index in [0.717, 1.165) is 22.6 Å². The zero-order chi connectivity index (χ0) is 20.8. The van der Waals surface area contributed by atoms with Crippen LogP contribution in [0.25, 0.3) is 0 Å². The smallest absolute Gasteiger partial charge is 0.159 e. The Hall–Kier alpha value is -4.06. The van der Waals surface area contributed by atoms with E-state index in [4.69, 9.17) is 10.5 Å². The van der Waals surface area contributed by atoms with Crippen LogP contribution in [0.2, 0.25) is 0 Å². The molecule has 1 aromatic heterocycles. The average Bonchev–Trinajstić information content (AvgIpc) is 2.81. The normalized spacial score (nSPS) is 10.6. The highest BCUT2D eigenvalue weighted by molar-refractivity contribution is 5.78. The first-order chi connectivity index (χ1) is 14.7. The van der Waals surface area contributed by atoms with Crippen LogP contribution in [0.5, 0.6) is 5.75 Å². The number of nitrogens with one attached hydrogen (secondary N) is 2. The molecule has 0 aliphatic heterocycles. The van der Waals surface area contributed by atoms with Gasteiger partial charge in [-0.2, -0.15) is 0 Å². The Balaban J connectivity index is 1.63. The molecule has 0 unspecified atom stereocenters. The molecule has 0 fully saturated rings. The quantitative estimate of drug-likeness (QED) is 0.406. The summed E-state index contributed by atoms with van der Waals surface area (Å²) in [4.78, 5) is 8.70. The van der Waals surface area contributed by atoms with E-state index in [1.165, 1.54) is 6.33 Å². The fourth-order valence-electron chi connectivity index (χ4n) is 3.21. The van der Waals surface area contributed by atoms with Crippen molar-refractivity contribution >= 4 is 23.0 Å². The molecule has 30 heavy (non-hydrogen) atoms. The molecule has 0 saturated carbocycles. The van der Waals surface area contributed by atoms with E-state index in [1.54, 1.807) is 7.11 Å². The van der Waals surface area contributed by atoms with Crippen molar-refractivity contribution in [1.82, 2.24) is 9.97 Å². The predicted molar refractivity (Wildman–Crippen MR) is 121 cm³/mol. The van der Waals surface area contributed by atoms with E-state index in [1.807, 2.05) is 60.7 Å². The van der Waals surface area contributed by atoms with Gasteiger partial charge in [0.15, 0.2) is 11.6 Å². The summed E-state index contributed by atoms with van der Waals surface area (Å²) in [5.41, 5.74) is 9.96. The molecule has 4 N–H and O–H groups in total. The topological polar surface area (TPSA) is 85.1 Å². The third-order valence-electron chi connectivity index (χ3n) is 4.78. The number of methoxy groups -OCH3 is 1. The van der Waals surface area contributed by atoms with Gasteiger partial charge in [0, 0.05) is 5.69 Å². The minimum absolute atomic E-state index is 0.0987. The molecule has 0 aliphatic carbocycles. The molecule has 4 aromatic rings. The van der Waals surface area contributed by atoms with E-state index < -0.39 is 0 Å². The van der Waals surface area contributed by atoms with E-state index in [9.17, 15) is 0 Å². The van der Waals surface area contributed by atoms with Crippen LogP contribution in [0.4, 0.5) is 23.0 Å². The molecule has 0 bridgehead atoms. The summed E-state index contributed by atoms with van der Waals surface area (Å²) in [6, 6.07) is 27.9. The molecule has 6 heteroatoms. The Bertz CT molecular complexity index is 1050. The van der Waals surface area contributed by atoms with Crippen LogP contribution in [0.15, 0.2) is 91.3 Å². The number of anilines is 4. The van der Waals surface area contributed by atoms with Gasteiger partial charge in [0.25, 0.3) is 0 Å².